The van der Waals surface area contributed by atoms with Gasteiger partial charge in [-0.15, -0.1) is 12.4 Å². The van der Waals surface area contributed by atoms with E-state index >= 15 is 0 Å². The molecule has 2 N–H and O–H groups in total. The van der Waals surface area contributed by atoms with Crippen molar-refractivity contribution in [3.8, 4) is 11.5 Å². The number of fused-ring (bicyclic) bond motifs is 1. The Bertz CT molecular complexity index is 611. The van der Waals surface area contributed by atoms with E-state index in [-0.39, 0.29) is 29.8 Å². The van der Waals surface area contributed by atoms with E-state index in [2.05, 4.69) is 22.8 Å². The fraction of sp³-hybridized carbons (Fsp3) is 0.632. The lowest BCUT2D eigenvalue weighted by atomic mass is 9.86. The molecule has 1 amide bonds. The van der Waals surface area contributed by atoms with Gasteiger partial charge in [0.25, 0.3) is 0 Å². The van der Waals surface area contributed by atoms with Crippen LogP contribution >= 0.6 is 12.4 Å². The highest BCUT2D eigenvalue weighted by Gasteiger charge is 2.39. The van der Waals surface area contributed by atoms with Crippen LogP contribution in [0.3, 0.4) is 0 Å². The lowest BCUT2D eigenvalue weighted by molar-refractivity contribution is -0.127. The number of benzene rings is 1. The third-order valence-corrected chi connectivity index (χ3v) is 5.58. The first-order valence-corrected chi connectivity index (χ1v) is 9.20. The Labute approximate surface area is 155 Å². The van der Waals surface area contributed by atoms with Crippen LogP contribution in [-0.2, 0) is 10.3 Å². The van der Waals surface area contributed by atoms with E-state index in [1.54, 1.807) is 0 Å². The third-order valence-electron chi connectivity index (χ3n) is 5.58. The average molecular weight is 367 g/mol. The van der Waals surface area contributed by atoms with Gasteiger partial charge in [-0.05, 0) is 49.9 Å². The molecule has 1 unspecified atom stereocenters. The predicted molar refractivity (Wildman–Crippen MR) is 98.6 cm³/mol. The predicted octanol–water partition coefficient (Wildman–Crippen LogP) is 2.76. The van der Waals surface area contributed by atoms with Gasteiger partial charge in [0, 0.05) is 6.54 Å². The van der Waals surface area contributed by atoms with E-state index < -0.39 is 0 Å². The zero-order chi connectivity index (χ0) is 16.4. The molecule has 6 heteroatoms. The molecule has 2 fully saturated rings. The van der Waals surface area contributed by atoms with Gasteiger partial charge >= 0.3 is 0 Å². The van der Waals surface area contributed by atoms with Gasteiger partial charge < -0.3 is 20.1 Å². The average Bonchev–Trinajstić information content (AvgIpc) is 3.11. The third kappa shape index (κ3) is 3.72. The van der Waals surface area contributed by atoms with Crippen molar-refractivity contribution in [3.05, 3.63) is 23.8 Å². The molecule has 0 radical (unpaired) electrons. The van der Waals surface area contributed by atoms with Crippen LogP contribution in [0, 0.1) is 5.92 Å². The Kier molecular flexibility index (Phi) is 5.74. The summed E-state index contributed by atoms with van der Waals surface area (Å²) >= 11 is 0. The molecular weight excluding hydrogens is 340 g/mol. The molecule has 5 nitrogen and oxygen atoms in total. The molecule has 2 heterocycles. The van der Waals surface area contributed by atoms with Crippen molar-refractivity contribution in [1.82, 2.24) is 10.6 Å². The molecule has 138 valence electrons. The number of hydrogen-bond donors (Lipinski definition) is 2. The van der Waals surface area contributed by atoms with E-state index in [1.807, 2.05) is 6.07 Å². The zero-order valence-corrected chi connectivity index (χ0v) is 15.3. The monoisotopic (exact) mass is 366 g/mol. The summed E-state index contributed by atoms with van der Waals surface area (Å²) in [6.45, 7) is 3.01. The molecule has 1 saturated heterocycles. The Hall–Kier alpha value is -1.46. The number of rotatable bonds is 3. The van der Waals surface area contributed by atoms with Crippen LogP contribution in [0.2, 0.25) is 0 Å². The van der Waals surface area contributed by atoms with Gasteiger partial charge in [0.15, 0.2) is 11.5 Å². The fourth-order valence-electron chi connectivity index (χ4n) is 4.22. The summed E-state index contributed by atoms with van der Waals surface area (Å²) in [4.78, 5) is 12.8. The maximum absolute atomic E-state index is 12.8. The number of ether oxygens (including phenoxy) is 2. The molecule has 4 rings (SSSR count). The topological polar surface area (TPSA) is 59.6 Å². The second-order valence-corrected chi connectivity index (χ2v) is 7.18. The molecule has 1 aromatic rings. The number of halogens is 1. The van der Waals surface area contributed by atoms with Gasteiger partial charge in [0.1, 0.15) is 13.2 Å². The largest absolute Gasteiger partial charge is 0.486 e. The van der Waals surface area contributed by atoms with E-state index in [4.69, 9.17) is 9.47 Å². The number of nitrogens with one attached hydrogen (secondary N) is 2. The highest BCUT2D eigenvalue weighted by Crippen LogP contribution is 2.42. The molecule has 0 spiro atoms. The van der Waals surface area contributed by atoms with Gasteiger partial charge in [0.05, 0.1) is 11.5 Å². The quantitative estimate of drug-likeness (QED) is 0.863. The van der Waals surface area contributed by atoms with Crippen LogP contribution in [0.1, 0.15) is 44.1 Å². The maximum Gasteiger partial charge on any atom is 0.225 e. The molecule has 25 heavy (non-hydrogen) atoms. The minimum Gasteiger partial charge on any atom is -0.486 e. The van der Waals surface area contributed by atoms with Crippen molar-refractivity contribution in [2.75, 3.05) is 26.3 Å². The first kappa shape index (κ1) is 18.3. The van der Waals surface area contributed by atoms with Gasteiger partial charge in [-0.1, -0.05) is 18.9 Å². The minimum atomic E-state index is -0.246. The van der Waals surface area contributed by atoms with Crippen LogP contribution in [-0.4, -0.2) is 32.2 Å². The number of piperidine rings is 1. The molecule has 0 aromatic heterocycles. The molecular formula is C19H27ClN2O3. The standard InChI is InChI=1S/C19H26N2O3.ClH/c22-18(14-4-3-9-20-13-14)21-19(7-1-2-8-19)15-5-6-16-17(12-15)24-11-10-23-16;/h5-6,12,14,20H,1-4,7-11,13H2,(H,21,22);1H. The van der Waals surface area contributed by atoms with Gasteiger partial charge in [-0.25, -0.2) is 0 Å². The van der Waals surface area contributed by atoms with Crippen LogP contribution in [0.15, 0.2) is 18.2 Å². The van der Waals surface area contributed by atoms with Crippen LogP contribution in [0.5, 0.6) is 11.5 Å². The molecule has 0 bridgehead atoms. The lowest BCUT2D eigenvalue weighted by Crippen LogP contribution is -2.49. The Balaban J connectivity index is 0.00000182. The lowest BCUT2D eigenvalue weighted by Gasteiger charge is -2.34. The smallest absolute Gasteiger partial charge is 0.225 e. The number of carbonyl (C=O) groups is 1. The second kappa shape index (κ2) is 7.83. The van der Waals surface area contributed by atoms with Crippen molar-refractivity contribution >= 4 is 18.3 Å². The van der Waals surface area contributed by atoms with Crippen molar-refractivity contribution < 1.29 is 14.3 Å². The van der Waals surface area contributed by atoms with Crippen molar-refractivity contribution in [2.45, 2.75) is 44.1 Å². The molecule has 1 atom stereocenters. The van der Waals surface area contributed by atoms with E-state index in [1.165, 1.54) is 0 Å². The minimum absolute atomic E-state index is 0. The molecule has 1 aliphatic carbocycles. The van der Waals surface area contributed by atoms with Crippen molar-refractivity contribution in [1.29, 1.82) is 0 Å². The Morgan fingerprint density at radius 3 is 2.60 bits per heavy atom. The van der Waals surface area contributed by atoms with Crippen LogP contribution in [0.25, 0.3) is 0 Å². The molecule has 1 aromatic carbocycles. The van der Waals surface area contributed by atoms with E-state index in [9.17, 15) is 4.79 Å². The first-order valence-electron chi connectivity index (χ1n) is 9.20. The molecule has 3 aliphatic rings. The maximum atomic E-state index is 12.8. The van der Waals surface area contributed by atoms with Gasteiger partial charge in [-0.3, -0.25) is 4.79 Å². The number of hydrogen-bond acceptors (Lipinski definition) is 4. The fourth-order valence-corrected chi connectivity index (χ4v) is 4.22. The summed E-state index contributed by atoms with van der Waals surface area (Å²) in [6.07, 6.45) is 6.36. The SMILES string of the molecule is Cl.O=C(NC1(c2ccc3c(c2)OCCO3)CCCC1)C1CCCNC1. The van der Waals surface area contributed by atoms with E-state index in [0.717, 1.165) is 68.7 Å². The number of carbonyl (C=O) groups excluding carboxylic acids is 1. The summed E-state index contributed by atoms with van der Waals surface area (Å²) in [5, 5.41) is 6.75. The Morgan fingerprint density at radius 2 is 1.88 bits per heavy atom. The number of amides is 1. The summed E-state index contributed by atoms with van der Waals surface area (Å²) < 4.78 is 11.4. The van der Waals surface area contributed by atoms with Crippen molar-refractivity contribution in [2.24, 2.45) is 5.92 Å². The summed E-state index contributed by atoms with van der Waals surface area (Å²) in [7, 11) is 0. The normalized spacial score (nSPS) is 24.2. The first-order chi connectivity index (χ1) is 11.8. The highest BCUT2D eigenvalue weighted by molar-refractivity contribution is 5.85. The zero-order valence-electron chi connectivity index (χ0n) is 14.5. The van der Waals surface area contributed by atoms with Crippen LogP contribution < -0.4 is 20.1 Å². The second-order valence-electron chi connectivity index (χ2n) is 7.18. The summed E-state index contributed by atoms with van der Waals surface area (Å²) in [5.41, 5.74) is 0.908. The Morgan fingerprint density at radius 1 is 1.12 bits per heavy atom. The van der Waals surface area contributed by atoms with Gasteiger partial charge in [0.2, 0.25) is 5.91 Å². The van der Waals surface area contributed by atoms with E-state index in [0.29, 0.717) is 13.2 Å². The van der Waals surface area contributed by atoms with Crippen LogP contribution in [0.4, 0.5) is 0 Å². The molecule has 2 aliphatic heterocycles. The van der Waals surface area contributed by atoms with Gasteiger partial charge in [-0.2, -0.15) is 0 Å². The summed E-state index contributed by atoms with van der Waals surface area (Å²) in [6, 6.07) is 6.15. The highest BCUT2D eigenvalue weighted by atomic mass is 35.5. The van der Waals surface area contributed by atoms with Crippen molar-refractivity contribution in [3.63, 3.8) is 0 Å². The molecule has 1 saturated carbocycles. The summed E-state index contributed by atoms with van der Waals surface area (Å²) in [5.74, 6) is 1.90.